The number of benzene rings is 2. The molecule has 0 unspecified atom stereocenters. The van der Waals surface area contributed by atoms with Crippen molar-refractivity contribution in [1.82, 2.24) is 0 Å². The van der Waals surface area contributed by atoms with E-state index in [0.717, 1.165) is 16.5 Å². The zero-order valence-corrected chi connectivity index (χ0v) is 14.1. The van der Waals surface area contributed by atoms with Crippen molar-refractivity contribution in [2.45, 2.75) is 37.9 Å². The van der Waals surface area contributed by atoms with Crippen LogP contribution in [0.2, 0.25) is 0 Å². The molecule has 0 aliphatic carbocycles. The maximum atomic E-state index is 3.51. The van der Waals surface area contributed by atoms with Crippen LogP contribution in [0.5, 0.6) is 0 Å². The number of halogens is 1. The lowest BCUT2D eigenvalue weighted by molar-refractivity contribution is 0.717. The van der Waals surface area contributed by atoms with E-state index in [0.29, 0.717) is 0 Å². The minimum atomic E-state index is 0.841. The molecule has 2 aromatic carbocycles. The van der Waals surface area contributed by atoms with Gasteiger partial charge in [0.1, 0.15) is 0 Å². The fraction of sp³-hybridized carbons (Fsp3) is 0.300. The Morgan fingerprint density at radius 3 is 2.38 bits per heavy atom. The molecule has 0 atom stereocenters. The summed E-state index contributed by atoms with van der Waals surface area (Å²) in [5.74, 6) is 6.53. The molecule has 0 radical (unpaired) electrons. The second-order valence-electron chi connectivity index (χ2n) is 5.19. The van der Waals surface area contributed by atoms with E-state index in [2.05, 4.69) is 71.1 Å². The lowest BCUT2D eigenvalue weighted by atomic mass is 10.0. The molecule has 2 rings (SSSR count). The van der Waals surface area contributed by atoms with Gasteiger partial charge in [-0.3, -0.25) is 0 Å². The zero-order chi connectivity index (χ0) is 14.9. The summed E-state index contributed by atoms with van der Waals surface area (Å²) in [4.78, 5) is 0. The summed E-state index contributed by atoms with van der Waals surface area (Å²) in [6, 6.07) is 16.9. The molecule has 0 nitrogen and oxygen atoms in total. The highest BCUT2D eigenvalue weighted by atomic mass is 79.9. The Morgan fingerprint density at radius 1 is 0.905 bits per heavy atom. The van der Waals surface area contributed by atoms with Crippen LogP contribution in [0.25, 0.3) is 0 Å². The summed E-state index contributed by atoms with van der Waals surface area (Å²) in [5, 5.41) is 0.841. The Bertz CT molecular complexity index is 614. The van der Waals surface area contributed by atoms with Gasteiger partial charge in [0.25, 0.3) is 0 Å². The summed E-state index contributed by atoms with van der Waals surface area (Å²) in [5.41, 5.74) is 4.83. The second kappa shape index (κ2) is 8.70. The first-order valence-electron chi connectivity index (χ1n) is 7.58. The van der Waals surface area contributed by atoms with Crippen LogP contribution in [0.4, 0.5) is 0 Å². The van der Waals surface area contributed by atoms with Crippen LogP contribution in [0, 0.1) is 11.8 Å². The number of rotatable bonds is 5. The van der Waals surface area contributed by atoms with Crippen molar-refractivity contribution in [3.05, 3.63) is 70.8 Å². The van der Waals surface area contributed by atoms with Gasteiger partial charge in [0.2, 0.25) is 0 Å². The molecule has 0 aliphatic rings. The maximum Gasteiger partial charge on any atom is 0.0295 e. The van der Waals surface area contributed by atoms with Crippen LogP contribution in [-0.4, -0.2) is 0 Å². The number of aryl methyl sites for hydroxylation is 1. The normalized spacial score (nSPS) is 10.0. The molecule has 21 heavy (non-hydrogen) atoms. The quantitative estimate of drug-likeness (QED) is 0.371. The molecule has 2 aromatic rings. The summed E-state index contributed by atoms with van der Waals surface area (Å²) in [6.07, 6.45) is 5.04. The summed E-state index contributed by atoms with van der Waals surface area (Å²) in [7, 11) is 0. The Balaban J connectivity index is 2.05. The van der Waals surface area contributed by atoms with Gasteiger partial charge < -0.3 is 0 Å². The van der Waals surface area contributed by atoms with Crippen molar-refractivity contribution in [2.75, 3.05) is 0 Å². The molecule has 0 bridgehead atoms. The predicted molar refractivity (Wildman–Crippen MR) is 94.7 cm³/mol. The first kappa shape index (κ1) is 15.9. The second-order valence-corrected chi connectivity index (χ2v) is 5.76. The number of hydrogen-bond donors (Lipinski definition) is 0. The van der Waals surface area contributed by atoms with E-state index in [1.54, 1.807) is 0 Å². The van der Waals surface area contributed by atoms with Crippen molar-refractivity contribution in [3.8, 4) is 11.8 Å². The van der Waals surface area contributed by atoms with Crippen molar-refractivity contribution < 1.29 is 0 Å². The van der Waals surface area contributed by atoms with Crippen LogP contribution >= 0.6 is 15.9 Å². The number of unbranched alkanes of at least 4 members (excludes halogenated alkanes) is 2. The van der Waals surface area contributed by atoms with Crippen molar-refractivity contribution in [3.63, 3.8) is 0 Å². The van der Waals surface area contributed by atoms with E-state index >= 15 is 0 Å². The third-order valence-electron chi connectivity index (χ3n) is 3.53. The summed E-state index contributed by atoms with van der Waals surface area (Å²) in [6.45, 7) is 2.24. The van der Waals surface area contributed by atoms with Gasteiger partial charge in [-0.25, -0.2) is 0 Å². The largest absolute Gasteiger partial charge is 0.0876 e. The zero-order valence-electron chi connectivity index (χ0n) is 12.5. The molecule has 0 spiro atoms. The van der Waals surface area contributed by atoms with Crippen LogP contribution in [0.15, 0.2) is 48.5 Å². The molecule has 1 heteroatoms. The van der Waals surface area contributed by atoms with E-state index in [1.807, 2.05) is 12.1 Å². The van der Waals surface area contributed by atoms with Gasteiger partial charge in [-0.2, -0.15) is 0 Å². The van der Waals surface area contributed by atoms with Gasteiger partial charge >= 0.3 is 0 Å². The van der Waals surface area contributed by atoms with Crippen molar-refractivity contribution in [1.29, 1.82) is 0 Å². The van der Waals surface area contributed by atoms with Gasteiger partial charge in [-0.1, -0.05) is 77.9 Å². The van der Waals surface area contributed by atoms with Gasteiger partial charge in [-0.05, 0) is 42.2 Å². The Labute approximate surface area is 136 Å². The monoisotopic (exact) mass is 340 g/mol. The molecule has 0 saturated heterocycles. The maximum absolute atomic E-state index is 3.51. The average Bonchev–Trinajstić information content (AvgIpc) is 2.54. The van der Waals surface area contributed by atoms with Gasteiger partial charge in [0.15, 0.2) is 0 Å². The third kappa shape index (κ3) is 5.06. The molecular weight excluding hydrogens is 320 g/mol. The standard InChI is InChI=1S/C20H21Br/c1-2-3-4-7-17-10-12-18(13-11-17)14-15-19-8-5-6-9-20(19)16-21/h5-6,8-13H,2-4,7,16H2,1H3. The predicted octanol–water partition coefficient (Wildman–Crippen LogP) is 5.71. The lowest BCUT2D eigenvalue weighted by Gasteiger charge is -2.01. The first-order valence-corrected chi connectivity index (χ1v) is 8.70. The molecule has 0 N–H and O–H groups in total. The number of alkyl halides is 1. The molecular formula is C20H21Br. The van der Waals surface area contributed by atoms with Crippen molar-refractivity contribution >= 4 is 15.9 Å². The molecule has 0 aliphatic heterocycles. The van der Waals surface area contributed by atoms with E-state index in [4.69, 9.17) is 0 Å². The fourth-order valence-corrected chi connectivity index (χ4v) is 2.72. The molecule has 0 saturated carbocycles. The van der Waals surface area contributed by atoms with E-state index in [1.165, 1.54) is 36.8 Å². The van der Waals surface area contributed by atoms with Gasteiger partial charge in [0, 0.05) is 16.5 Å². The SMILES string of the molecule is CCCCCc1ccc(C#Cc2ccccc2CBr)cc1. The average molecular weight is 341 g/mol. The minimum Gasteiger partial charge on any atom is -0.0876 e. The van der Waals surface area contributed by atoms with Gasteiger partial charge in [-0.15, -0.1) is 0 Å². The fourth-order valence-electron chi connectivity index (χ4n) is 2.23. The van der Waals surface area contributed by atoms with Crippen LogP contribution in [0.3, 0.4) is 0 Å². The molecule has 0 amide bonds. The molecule has 0 heterocycles. The molecule has 108 valence electrons. The molecule has 0 fully saturated rings. The Hall–Kier alpha value is -1.52. The van der Waals surface area contributed by atoms with E-state index < -0.39 is 0 Å². The van der Waals surface area contributed by atoms with Crippen LogP contribution in [-0.2, 0) is 11.8 Å². The summed E-state index contributed by atoms with van der Waals surface area (Å²) >= 11 is 3.51. The Kier molecular flexibility index (Phi) is 6.57. The van der Waals surface area contributed by atoms with E-state index in [-0.39, 0.29) is 0 Å². The lowest BCUT2D eigenvalue weighted by Crippen LogP contribution is -1.86. The summed E-state index contributed by atoms with van der Waals surface area (Å²) < 4.78 is 0. The highest BCUT2D eigenvalue weighted by Crippen LogP contribution is 2.12. The minimum absolute atomic E-state index is 0.841. The third-order valence-corrected chi connectivity index (χ3v) is 4.13. The number of hydrogen-bond acceptors (Lipinski definition) is 0. The highest BCUT2D eigenvalue weighted by Gasteiger charge is 1.96. The van der Waals surface area contributed by atoms with E-state index in [9.17, 15) is 0 Å². The molecule has 0 aromatic heterocycles. The smallest absolute Gasteiger partial charge is 0.0295 e. The topological polar surface area (TPSA) is 0 Å². The van der Waals surface area contributed by atoms with Crippen LogP contribution < -0.4 is 0 Å². The van der Waals surface area contributed by atoms with Crippen LogP contribution in [0.1, 0.15) is 48.4 Å². The first-order chi connectivity index (χ1) is 10.3. The Morgan fingerprint density at radius 2 is 1.67 bits per heavy atom. The van der Waals surface area contributed by atoms with Crippen molar-refractivity contribution in [2.24, 2.45) is 0 Å². The highest BCUT2D eigenvalue weighted by molar-refractivity contribution is 9.08. The van der Waals surface area contributed by atoms with Gasteiger partial charge in [0.05, 0.1) is 0 Å².